The van der Waals surface area contributed by atoms with E-state index in [9.17, 15) is 9.59 Å². The Kier molecular flexibility index (Phi) is 4.43. The molecule has 110 valence electrons. The number of urea groups is 1. The average molecular weight is 287 g/mol. The number of aliphatic carboxylic acids is 1. The van der Waals surface area contributed by atoms with Crippen molar-refractivity contribution in [3.63, 3.8) is 0 Å². The van der Waals surface area contributed by atoms with Crippen LogP contribution in [0.1, 0.15) is 18.4 Å². The van der Waals surface area contributed by atoms with Gasteiger partial charge in [0.2, 0.25) is 0 Å². The Morgan fingerprint density at radius 2 is 1.95 bits per heavy atom. The zero-order valence-electron chi connectivity index (χ0n) is 11.8. The Balaban J connectivity index is 2.09. The Bertz CT molecular complexity index is 573. The molecule has 6 heteroatoms. The highest BCUT2D eigenvalue weighted by molar-refractivity contribution is 5.93. The van der Waals surface area contributed by atoms with Crippen LogP contribution in [0.15, 0.2) is 24.3 Å². The van der Waals surface area contributed by atoms with E-state index in [1.165, 1.54) is 9.80 Å². The second kappa shape index (κ2) is 6.27. The van der Waals surface area contributed by atoms with E-state index >= 15 is 0 Å². The summed E-state index contributed by atoms with van der Waals surface area (Å²) < 4.78 is 0. The van der Waals surface area contributed by atoms with Gasteiger partial charge in [-0.05, 0) is 43.0 Å². The number of carbonyl (C=O) groups excluding carboxylic acids is 1. The van der Waals surface area contributed by atoms with Crippen molar-refractivity contribution in [3.05, 3.63) is 29.8 Å². The van der Waals surface area contributed by atoms with Crippen molar-refractivity contribution in [1.29, 1.82) is 5.26 Å². The normalized spacial score (nSPS) is 13.3. The topological polar surface area (TPSA) is 84.6 Å². The van der Waals surface area contributed by atoms with Gasteiger partial charge >= 0.3 is 12.0 Å². The van der Waals surface area contributed by atoms with Crippen molar-refractivity contribution in [2.45, 2.75) is 12.8 Å². The lowest BCUT2D eigenvalue weighted by Gasteiger charge is -2.27. The van der Waals surface area contributed by atoms with Crippen LogP contribution in [0.4, 0.5) is 10.5 Å². The fourth-order valence-electron chi connectivity index (χ4n) is 2.07. The summed E-state index contributed by atoms with van der Waals surface area (Å²) in [5.74, 6) is -0.597. The third-order valence-electron chi connectivity index (χ3n) is 3.44. The van der Waals surface area contributed by atoms with Gasteiger partial charge in [-0.3, -0.25) is 9.69 Å². The van der Waals surface area contributed by atoms with Gasteiger partial charge in [0.15, 0.2) is 0 Å². The number of amides is 2. The largest absolute Gasteiger partial charge is 0.480 e. The number of benzene rings is 1. The number of anilines is 1. The fourth-order valence-corrected chi connectivity index (χ4v) is 2.07. The molecule has 0 saturated heterocycles. The number of carboxylic acid groups (broad SMARTS) is 1. The van der Waals surface area contributed by atoms with E-state index in [-0.39, 0.29) is 12.6 Å². The van der Waals surface area contributed by atoms with E-state index in [0.29, 0.717) is 23.7 Å². The summed E-state index contributed by atoms with van der Waals surface area (Å²) in [5.41, 5.74) is 1.14. The average Bonchev–Trinajstić information content (AvgIpc) is 3.28. The summed E-state index contributed by atoms with van der Waals surface area (Å²) in [6, 6.07) is 8.27. The molecule has 2 rings (SSSR count). The first-order valence-electron chi connectivity index (χ1n) is 6.76. The maximum absolute atomic E-state index is 12.4. The highest BCUT2D eigenvalue weighted by atomic mass is 16.4. The van der Waals surface area contributed by atoms with E-state index in [4.69, 9.17) is 10.4 Å². The number of carbonyl (C=O) groups is 2. The minimum atomic E-state index is -1.02. The summed E-state index contributed by atoms with van der Waals surface area (Å²) in [7, 11) is 1.60. The van der Waals surface area contributed by atoms with Crippen molar-refractivity contribution in [1.82, 2.24) is 4.90 Å². The molecule has 6 nitrogen and oxygen atoms in total. The number of nitriles is 1. The van der Waals surface area contributed by atoms with E-state index in [0.717, 1.165) is 12.8 Å². The first-order valence-corrected chi connectivity index (χ1v) is 6.76. The maximum Gasteiger partial charge on any atom is 0.324 e. The summed E-state index contributed by atoms with van der Waals surface area (Å²) >= 11 is 0. The molecule has 1 aliphatic carbocycles. The van der Waals surface area contributed by atoms with Gasteiger partial charge < -0.3 is 10.0 Å². The van der Waals surface area contributed by atoms with Crippen LogP contribution in [0.25, 0.3) is 0 Å². The number of rotatable bonds is 5. The first-order chi connectivity index (χ1) is 10.0. The molecule has 0 radical (unpaired) electrons. The maximum atomic E-state index is 12.4. The van der Waals surface area contributed by atoms with Crippen LogP contribution in [-0.4, -0.2) is 42.1 Å². The summed E-state index contributed by atoms with van der Waals surface area (Å²) in [6.45, 7) is 0.182. The molecule has 0 atom stereocenters. The molecule has 1 aliphatic rings. The number of carboxylic acids is 1. The van der Waals surface area contributed by atoms with Gasteiger partial charge in [0, 0.05) is 19.3 Å². The number of hydrogen-bond acceptors (Lipinski definition) is 3. The highest BCUT2D eigenvalue weighted by Gasteiger charge is 2.29. The third-order valence-corrected chi connectivity index (χ3v) is 3.44. The predicted molar refractivity (Wildman–Crippen MR) is 76.9 cm³/mol. The fraction of sp³-hybridized carbons (Fsp3) is 0.400. The number of hydrogen-bond donors (Lipinski definition) is 1. The third kappa shape index (κ3) is 3.96. The van der Waals surface area contributed by atoms with E-state index in [2.05, 4.69) is 0 Å². The molecule has 0 aliphatic heterocycles. The molecular weight excluding hydrogens is 270 g/mol. The Hall–Kier alpha value is -2.55. The Labute approximate surface area is 123 Å². The monoisotopic (exact) mass is 287 g/mol. The van der Waals surface area contributed by atoms with Gasteiger partial charge in [0.25, 0.3) is 0 Å². The molecule has 21 heavy (non-hydrogen) atoms. The molecular formula is C15H17N3O3. The molecule has 0 bridgehead atoms. The highest BCUT2D eigenvalue weighted by Crippen LogP contribution is 2.30. The van der Waals surface area contributed by atoms with Crippen molar-refractivity contribution in [2.75, 3.05) is 25.0 Å². The molecule has 2 amide bonds. The lowest BCUT2D eigenvalue weighted by atomic mass is 10.2. The van der Waals surface area contributed by atoms with Crippen LogP contribution < -0.4 is 4.90 Å². The van der Waals surface area contributed by atoms with Crippen molar-refractivity contribution in [3.8, 4) is 6.07 Å². The zero-order chi connectivity index (χ0) is 15.4. The Morgan fingerprint density at radius 3 is 2.43 bits per heavy atom. The second-order valence-electron chi connectivity index (χ2n) is 5.22. The summed E-state index contributed by atoms with van der Waals surface area (Å²) in [5, 5.41) is 17.7. The van der Waals surface area contributed by atoms with Gasteiger partial charge in [-0.1, -0.05) is 0 Å². The van der Waals surface area contributed by atoms with E-state index < -0.39 is 5.97 Å². The minimum absolute atomic E-state index is 0.296. The van der Waals surface area contributed by atoms with Crippen LogP contribution in [0.2, 0.25) is 0 Å². The van der Waals surface area contributed by atoms with Crippen LogP contribution in [0, 0.1) is 17.2 Å². The predicted octanol–water partition coefficient (Wildman–Crippen LogP) is 1.91. The number of nitrogens with zero attached hydrogens (tertiary/aromatic N) is 3. The zero-order valence-corrected chi connectivity index (χ0v) is 11.8. The molecule has 0 spiro atoms. The van der Waals surface area contributed by atoms with Crippen molar-refractivity contribution < 1.29 is 14.7 Å². The molecule has 1 aromatic carbocycles. The lowest BCUT2D eigenvalue weighted by molar-refractivity contribution is -0.137. The smallest absolute Gasteiger partial charge is 0.324 e. The van der Waals surface area contributed by atoms with Crippen molar-refractivity contribution in [2.24, 2.45) is 5.92 Å². The van der Waals surface area contributed by atoms with Gasteiger partial charge in [-0.2, -0.15) is 5.26 Å². The molecule has 1 N–H and O–H groups in total. The van der Waals surface area contributed by atoms with Gasteiger partial charge in [-0.15, -0.1) is 0 Å². The SMILES string of the molecule is CN(C(=O)N(CC(=O)O)CC1CC1)c1ccc(C#N)cc1. The van der Waals surface area contributed by atoms with Gasteiger partial charge in [0.1, 0.15) is 6.54 Å². The van der Waals surface area contributed by atoms with Crippen LogP contribution in [0.3, 0.4) is 0 Å². The molecule has 0 unspecified atom stereocenters. The Morgan fingerprint density at radius 1 is 1.33 bits per heavy atom. The minimum Gasteiger partial charge on any atom is -0.480 e. The first kappa shape index (κ1) is 14.9. The standard InChI is InChI=1S/C15H17N3O3/c1-17(13-6-4-11(8-16)5-7-13)15(21)18(10-14(19)20)9-12-2-3-12/h4-7,12H,2-3,9-10H2,1H3,(H,19,20). The summed E-state index contributed by atoms with van der Waals surface area (Å²) in [4.78, 5) is 26.1. The molecule has 1 fully saturated rings. The van der Waals surface area contributed by atoms with Gasteiger partial charge in [0.05, 0.1) is 11.6 Å². The summed E-state index contributed by atoms with van der Waals surface area (Å²) in [6.07, 6.45) is 2.09. The van der Waals surface area contributed by atoms with Crippen LogP contribution in [-0.2, 0) is 4.79 Å². The molecule has 0 heterocycles. The van der Waals surface area contributed by atoms with E-state index in [1.54, 1.807) is 31.3 Å². The molecule has 0 aromatic heterocycles. The van der Waals surface area contributed by atoms with Crippen LogP contribution in [0.5, 0.6) is 0 Å². The molecule has 1 saturated carbocycles. The molecule has 1 aromatic rings. The lowest BCUT2D eigenvalue weighted by Crippen LogP contribution is -2.44. The van der Waals surface area contributed by atoms with Gasteiger partial charge in [-0.25, -0.2) is 4.79 Å². The van der Waals surface area contributed by atoms with Crippen molar-refractivity contribution >= 4 is 17.7 Å². The quantitative estimate of drug-likeness (QED) is 0.896. The van der Waals surface area contributed by atoms with E-state index in [1.807, 2.05) is 6.07 Å². The van der Waals surface area contributed by atoms with Crippen LogP contribution >= 0.6 is 0 Å². The second-order valence-corrected chi connectivity index (χ2v) is 5.22.